The normalized spacial score (nSPS) is 21.2. The van der Waals surface area contributed by atoms with E-state index < -0.39 is 6.10 Å². The fourth-order valence-corrected chi connectivity index (χ4v) is 3.22. The molecule has 0 radical (unpaired) electrons. The van der Waals surface area contributed by atoms with Gasteiger partial charge in [-0.25, -0.2) is 0 Å². The van der Waals surface area contributed by atoms with Crippen LogP contribution in [0.5, 0.6) is 0 Å². The number of ether oxygens (including phenoxy) is 1. The molecule has 3 heterocycles. The first-order valence-corrected chi connectivity index (χ1v) is 8.57. The molecule has 3 atom stereocenters. The van der Waals surface area contributed by atoms with Gasteiger partial charge in [-0.15, -0.1) is 0 Å². The van der Waals surface area contributed by atoms with Crippen molar-refractivity contribution < 1.29 is 18.8 Å². The van der Waals surface area contributed by atoms with Crippen molar-refractivity contribution in [3.63, 3.8) is 0 Å². The maximum Gasteiger partial charge on any atom is 0.240 e. The molecular weight excluding hydrogens is 310 g/mol. The van der Waals surface area contributed by atoms with E-state index in [0.29, 0.717) is 37.0 Å². The molecule has 1 aliphatic rings. The van der Waals surface area contributed by atoms with Crippen molar-refractivity contribution in [1.82, 2.24) is 15.0 Å². The SMILES string of the molecule is CCOC(C)c1noc(CN2CCCC2CC(O)c2ccco2)n1. The second-order valence-electron chi connectivity index (χ2n) is 6.18. The number of likely N-dealkylation sites (tertiary alicyclic amines) is 1. The van der Waals surface area contributed by atoms with E-state index in [1.165, 1.54) is 0 Å². The molecule has 1 aliphatic heterocycles. The monoisotopic (exact) mass is 335 g/mol. The first-order valence-electron chi connectivity index (χ1n) is 8.57. The number of aliphatic hydroxyl groups excluding tert-OH is 1. The van der Waals surface area contributed by atoms with E-state index in [9.17, 15) is 5.11 Å². The van der Waals surface area contributed by atoms with Crippen LogP contribution in [-0.2, 0) is 11.3 Å². The van der Waals surface area contributed by atoms with E-state index in [0.717, 1.165) is 19.4 Å². The van der Waals surface area contributed by atoms with E-state index in [1.807, 2.05) is 19.9 Å². The molecule has 0 aromatic carbocycles. The number of nitrogens with zero attached hydrogens (tertiary/aromatic N) is 3. The van der Waals surface area contributed by atoms with Gasteiger partial charge in [0, 0.05) is 12.6 Å². The van der Waals surface area contributed by atoms with E-state index in [-0.39, 0.29) is 12.1 Å². The lowest BCUT2D eigenvalue weighted by molar-refractivity contribution is 0.0683. The first-order chi connectivity index (χ1) is 11.7. The summed E-state index contributed by atoms with van der Waals surface area (Å²) < 4.78 is 16.1. The molecule has 3 rings (SSSR count). The summed E-state index contributed by atoms with van der Waals surface area (Å²) in [5, 5.41) is 14.3. The number of aliphatic hydroxyl groups is 1. The van der Waals surface area contributed by atoms with E-state index in [1.54, 1.807) is 12.3 Å². The molecule has 2 aromatic heterocycles. The smallest absolute Gasteiger partial charge is 0.240 e. The van der Waals surface area contributed by atoms with Crippen molar-refractivity contribution in [3.8, 4) is 0 Å². The average Bonchev–Trinajstić information content (AvgIpc) is 3.30. The number of furan rings is 1. The third kappa shape index (κ3) is 4.03. The standard InChI is InChI=1S/C17H25N3O4/c1-3-22-12(2)17-18-16(24-19-17)11-20-8-4-6-13(20)10-14(21)15-7-5-9-23-15/h5,7,9,12-14,21H,3-4,6,8,10-11H2,1-2H3. The van der Waals surface area contributed by atoms with Gasteiger partial charge in [-0.3, -0.25) is 4.90 Å². The first kappa shape index (κ1) is 17.1. The molecule has 1 saturated heterocycles. The number of rotatable bonds is 8. The largest absolute Gasteiger partial charge is 0.467 e. The lowest BCUT2D eigenvalue weighted by Crippen LogP contribution is -2.30. The third-order valence-electron chi connectivity index (χ3n) is 4.47. The molecule has 0 bridgehead atoms. The highest BCUT2D eigenvalue weighted by Crippen LogP contribution is 2.28. The maximum atomic E-state index is 10.3. The fraction of sp³-hybridized carbons (Fsp3) is 0.647. The Bertz CT molecular complexity index is 613. The van der Waals surface area contributed by atoms with Crippen LogP contribution >= 0.6 is 0 Å². The summed E-state index contributed by atoms with van der Waals surface area (Å²) in [5.41, 5.74) is 0. The average molecular weight is 335 g/mol. The molecule has 0 saturated carbocycles. The maximum absolute atomic E-state index is 10.3. The molecule has 2 aromatic rings. The van der Waals surface area contributed by atoms with Crippen LogP contribution in [0.3, 0.4) is 0 Å². The molecule has 7 heteroatoms. The summed E-state index contributed by atoms with van der Waals surface area (Å²) >= 11 is 0. The van der Waals surface area contributed by atoms with E-state index in [2.05, 4.69) is 15.0 Å². The van der Waals surface area contributed by atoms with Crippen molar-refractivity contribution in [1.29, 1.82) is 0 Å². The number of aromatic nitrogens is 2. The van der Waals surface area contributed by atoms with Crippen molar-refractivity contribution in [2.45, 2.75) is 57.9 Å². The lowest BCUT2D eigenvalue weighted by Gasteiger charge is -2.24. The highest BCUT2D eigenvalue weighted by Gasteiger charge is 2.29. The van der Waals surface area contributed by atoms with Crippen LogP contribution < -0.4 is 0 Å². The van der Waals surface area contributed by atoms with E-state index in [4.69, 9.17) is 13.7 Å². The van der Waals surface area contributed by atoms with Gasteiger partial charge < -0.3 is 18.8 Å². The summed E-state index contributed by atoms with van der Waals surface area (Å²) in [4.78, 5) is 6.72. The Morgan fingerprint density at radius 3 is 3.12 bits per heavy atom. The molecule has 0 amide bonds. The Labute approximate surface area is 141 Å². The predicted octanol–water partition coefficient (Wildman–Crippen LogP) is 2.85. The van der Waals surface area contributed by atoms with Gasteiger partial charge in [-0.05, 0) is 51.8 Å². The third-order valence-corrected chi connectivity index (χ3v) is 4.47. The highest BCUT2D eigenvalue weighted by molar-refractivity contribution is 5.03. The Hall–Kier alpha value is -1.70. The minimum absolute atomic E-state index is 0.164. The lowest BCUT2D eigenvalue weighted by atomic mass is 10.1. The summed E-state index contributed by atoms with van der Waals surface area (Å²) in [6.07, 6.45) is 3.64. The molecule has 0 aliphatic carbocycles. The van der Waals surface area contributed by atoms with Gasteiger partial charge in [0.1, 0.15) is 18.0 Å². The Morgan fingerprint density at radius 2 is 2.38 bits per heavy atom. The van der Waals surface area contributed by atoms with Crippen LogP contribution in [0.25, 0.3) is 0 Å². The second kappa shape index (κ2) is 7.92. The van der Waals surface area contributed by atoms with Gasteiger partial charge in [0.2, 0.25) is 5.89 Å². The van der Waals surface area contributed by atoms with Gasteiger partial charge in [0.25, 0.3) is 0 Å². The number of hydrogen-bond acceptors (Lipinski definition) is 7. The van der Waals surface area contributed by atoms with Crippen molar-refractivity contribution in [2.75, 3.05) is 13.2 Å². The molecule has 1 N–H and O–H groups in total. The van der Waals surface area contributed by atoms with Crippen LogP contribution in [0.2, 0.25) is 0 Å². The van der Waals surface area contributed by atoms with Gasteiger partial charge >= 0.3 is 0 Å². The van der Waals surface area contributed by atoms with Crippen molar-refractivity contribution in [2.24, 2.45) is 0 Å². The molecule has 24 heavy (non-hydrogen) atoms. The van der Waals surface area contributed by atoms with Crippen LogP contribution in [0.4, 0.5) is 0 Å². The molecule has 1 fully saturated rings. The molecule has 0 spiro atoms. The zero-order valence-electron chi connectivity index (χ0n) is 14.2. The Balaban J connectivity index is 1.58. The van der Waals surface area contributed by atoms with Crippen LogP contribution in [0.1, 0.15) is 62.8 Å². The highest BCUT2D eigenvalue weighted by atomic mass is 16.5. The zero-order chi connectivity index (χ0) is 16.9. The van der Waals surface area contributed by atoms with Gasteiger partial charge in [0.15, 0.2) is 5.82 Å². The predicted molar refractivity (Wildman–Crippen MR) is 86.1 cm³/mol. The number of hydrogen-bond donors (Lipinski definition) is 1. The molecule has 3 unspecified atom stereocenters. The van der Waals surface area contributed by atoms with Gasteiger partial charge in [-0.1, -0.05) is 5.16 Å². The summed E-state index contributed by atoms with van der Waals surface area (Å²) in [6.45, 7) is 6.03. The van der Waals surface area contributed by atoms with E-state index >= 15 is 0 Å². The summed E-state index contributed by atoms with van der Waals surface area (Å²) in [6, 6.07) is 3.89. The van der Waals surface area contributed by atoms with Crippen LogP contribution in [0.15, 0.2) is 27.3 Å². The fourth-order valence-electron chi connectivity index (χ4n) is 3.22. The Morgan fingerprint density at radius 1 is 1.50 bits per heavy atom. The Kier molecular flexibility index (Phi) is 5.65. The van der Waals surface area contributed by atoms with Crippen LogP contribution in [0, 0.1) is 0 Å². The van der Waals surface area contributed by atoms with Gasteiger partial charge in [-0.2, -0.15) is 4.98 Å². The summed E-state index contributed by atoms with van der Waals surface area (Å²) in [7, 11) is 0. The second-order valence-corrected chi connectivity index (χ2v) is 6.18. The van der Waals surface area contributed by atoms with Gasteiger partial charge in [0.05, 0.1) is 12.8 Å². The molecule has 7 nitrogen and oxygen atoms in total. The quantitative estimate of drug-likeness (QED) is 0.794. The molecule has 132 valence electrons. The minimum atomic E-state index is -0.582. The molecular formula is C17H25N3O4. The topological polar surface area (TPSA) is 84.8 Å². The van der Waals surface area contributed by atoms with Crippen LogP contribution in [-0.4, -0.2) is 39.3 Å². The van der Waals surface area contributed by atoms with Crippen molar-refractivity contribution in [3.05, 3.63) is 35.9 Å². The zero-order valence-corrected chi connectivity index (χ0v) is 14.2. The van der Waals surface area contributed by atoms with Crippen molar-refractivity contribution >= 4 is 0 Å². The minimum Gasteiger partial charge on any atom is -0.467 e. The summed E-state index contributed by atoms with van der Waals surface area (Å²) in [5.74, 6) is 1.79.